The summed E-state index contributed by atoms with van der Waals surface area (Å²) >= 11 is 0. The van der Waals surface area contributed by atoms with Crippen LogP contribution in [0, 0.1) is 5.41 Å². The lowest BCUT2D eigenvalue weighted by molar-refractivity contribution is 0.0430. The minimum Gasteiger partial charge on any atom is -0.444 e. The molecular formula is C15H24N2O3. The van der Waals surface area contributed by atoms with Gasteiger partial charge in [0.25, 0.3) is 5.91 Å². The van der Waals surface area contributed by atoms with E-state index in [9.17, 15) is 9.59 Å². The van der Waals surface area contributed by atoms with E-state index in [2.05, 4.69) is 5.32 Å². The molecule has 0 aliphatic carbocycles. The highest BCUT2D eigenvalue weighted by molar-refractivity contribution is 5.88. The van der Waals surface area contributed by atoms with Crippen molar-refractivity contribution in [2.24, 2.45) is 5.41 Å². The molecule has 1 N–H and O–H groups in total. The minimum absolute atomic E-state index is 0.187. The van der Waals surface area contributed by atoms with E-state index in [0.29, 0.717) is 0 Å². The fourth-order valence-electron chi connectivity index (χ4n) is 1.70. The summed E-state index contributed by atoms with van der Waals surface area (Å²) in [6.07, 6.45) is 2.74. The molecule has 0 aliphatic heterocycles. The smallest absolute Gasteiger partial charge is 0.408 e. The van der Waals surface area contributed by atoms with Crippen molar-refractivity contribution in [2.75, 3.05) is 0 Å². The summed E-state index contributed by atoms with van der Waals surface area (Å²) < 4.78 is 6.68. The van der Waals surface area contributed by atoms with E-state index in [1.165, 1.54) is 4.57 Å². The molecule has 1 atom stereocenters. The van der Waals surface area contributed by atoms with Gasteiger partial charge in [-0.25, -0.2) is 4.79 Å². The van der Waals surface area contributed by atoms with Crippen molar-refractivity contribution in [3.8, 4) is 0 Å². The van der Waals surface area contributed by atoms with Crippen LogP contribution in [0.3, 0.4) is 0 Å². The van der Waals surface area contributed by atoms with Gasteiger partial charge in [-0.05, 0) is 38.3 Å². The van der Waals surface area contributed by atoms with Crippen molar-refractivity contribution >= 4 is 12.0 Å². The number of aromatic nitrogens is 1. The standard InChI is InChI=1S/C15H24N2O3/c1-14(2,3)11(12(18)17-9-7-8-10-17)16-13(19)20-15(4,5)6/h7-11H,1-6H3,(H,16,19). The van der Waals surface area contributed by atoms with Gasteiger partial charge in [0.15, 0.2) is 0 Å². The summed E-state index contributed by atoms with van der Waals surface area (Å²) in [5.41, 5.74) is -1.01. The minimum atomic E-state index is -0.662. The molecule has 5 heteroatoms. The summed E-state index contributed by atoms with van der Waals surface area (Å²) in [7, 11) is 0. The first-order chi connectivity index (χ1) is 9.00. The number of amides is 1. The molecular weight excluding hydrogens is 256 g/mol. The zero-order valence-corrected chi connectivity index (χ0v) is 13.1. The van der Waals surface area contributed by atoms with Crippen LogP contribution in [0.4, 0.5) is 4.79 Å². The normalized spacial score (nSPS) is 13.7. The predicted molar refractivity (Wildman–Crippen MR) is 77.7 cm³/mol. The van der Waals surface area contributed by atoms with Gasteiger partial charge < -0.3 is 10.1 Å². The summed E-state index contributed by atoms with van der Waals surface area (Å²) in [5.74, 6) is -0.187. The highest BCUT2D eigenvalue weighted by atomic mass is 16.6. The third-order valence-corrected chi connectivity index (χ3v) is 2.63. The zero-order chi connectivity index (χ0) is 15.6. The van der Waals surface area contributed by atoms with Crippen LogP contribution in [0.25, 0.3) is 0 Å². The Hall–Kier alpha value is -1.78. The van der Waals surface area contributed by atoms with Crippen LogP contribution in [0.1, 0.15) is 46.3 Å². The highest BCUT2D eigenvalue weighted by Gasteiger charge is 2.34. The first kappa shape index (κ1) is 16.3. The SMILES string of the molecule is CC(C)(C)OC(=O)NC(C(=O)n1cccc1)C(C)(C)C. The molecule has 0 fully saturated rings. The Kier molecular flexibility index (Phi) is 4.63. The van der Waals surface area contributed by atoms with Gasteiger partial charge in [-0.1, -0.05) is 20.8 Å². The Morgan fingerprint density at radius 3 is 1.95 bits per heavy atom. The Morgan fingerprint density at radius 1 is 1.05 bits per heavy atom. The molecule has 0 saturated carbocycles. The quantitative estimate of drug-likeness (QED) is 0.905. The largest absolute Gasteiger partial charge is 0.444 e. The topological polar surface area (TPSA) is 60.3 Å². The second-order valence-electron chi connectivity index (χ2n) is 6.87. The van der Waals surface area contributed by atoms with Crippen LogP contribution in [0.5, 0.6) is 0 Å². The highest BCUT2D eigenvalue weighted by Crippen LogP contribution is 2.21. The van der Waals surface area contributed by atoms with E-state index in [1.807, 2.05) is 20.8 Å². The number of hydrogen-bond acceptors (Lipinski definition) is 3. The van der Waals surface area contributed by atoms with Crippen LogP contribution in [-0.4, -0.2) is 28.2 Å². The molecule has 1 rings (SSSR count). The third kappa shape index (κ3) is 4.72. The number of ether oxygens (including phenoxy) is 1. The van der Waals surface area contributed by atoms with Crippen LogP contribution >= 0.6 is 0 Å². The number of hydrogen-bond donors (Lipinski definition) is 1. The van der Waals surface area contributed by atoms with Crippen molar-refractivity contribution in [3.05, 3.63) is 24.5 Å². The lowest BCUT2D eigenvalue weighted by Gasteiger charge is -2.31. The maximum Gasteiger partial charge on any atom is 0.408 e. The van der Waals surface area contributed by atoms with Gasteiger partial charge in [-0.3, -0.25) is 9.36 Å². The molecule has 1 aromatic rings. The van der Waals surface area contributed by atoms with Crippen molar-refractivity contribution in [1.29, 1.82) is 0 Å². The summed E-state index contributed by atoms with van der Waals surface area (Å²) in [4.78, 5) is 24.3. The Bertz CT molecular complexity index is 464. The number of rotatable bonds is 2. The average molecular weight is 280 g/mol. The molecule has 1 aromatic heterocycles. The number of nitrogens with one attached hydrogen (secondary N) is 1. The molecule has 0 saturated heterocycles. The molecule has 1 amide bonds. The number of carbonyl (C=O) groups is 2. The fourth-order valence-corrected chi connectivity index (χ4v) is 1.70. The lowest BCUT2D eigenvalue weighted by Crippen LogP contribution is -2.51. The Labute approximate surface area is 120 Å². The third-order valence-electron chi connectivity index (χ3n) is 2.63. The molecule has 1 heterocycles. The van der Waals surface area contributed by atoms with Crippen LogP contribution < -0.4 is 5.32 Å². The first-order valence-corrected chi connectivity index (χ1v) is 6.67. The van der Waals surface area contributed by atoms with Gasteiger partial charge >= 0.3 is 6.09 Å². The molecule has 0 bridgehead atoms. The van der Waals surface area contributed by atoms with Crippen molar-refractivity contribution in [1.82, 2.24) is 9.88 Å². The van der Waals surface area contributed by atoms with Crippen molar-refractivity contribution in [2.45, 2.75) is 53.2 Å². The second kappa shape index (κ2) is 5.69. The Morgan fingerprint density at radius 2 is 1.55 bits per heavy atom. The number of nitrogens with zero attached hydrogens (tertiary/aromatic N) is 1. The molecule has 20 heavy (non-hydrogen) atoms. The lowest BCUT2D eigenvalue weighted by atomic mass is 9.86. The van der Waals surface area contributed by atoms with Crippen LogP contribution in [-0.2, 0) is 4.74 Å². The molecule has 0 aliphatic rings. The Balaban J connectivity index is 2.87. The van der Waals surface area contributed by atoms with Gasteiger partial charge in [0, 0.05) is 12.4 Å². The zero-order valence-electron chi connectivity index (χ0n) is 13.1. The van der Waals surface area contributed by atoms with E-state index in [-0.39, 0.29) is 5.91 Å². The fraction of sp³-hybridized carbons (Fsp3) is 0.600. The second-order valence-corrected chi connectivity index (χ2v) is 6.87. The number of alkyl carbamates (subject to hydrolysis) is 1. The van der Waals surface area contributed by atoms with Crippen molar-refractivity contribution < 1.29 is 14.3 Å². The van der Waals surface area contributed by atoms with E-state index in [1.54, 1.807) is 45.3 Å². The van der Waals surface area contributed by atoms with E-state index >= 15 is 0 Å². The summed E-state index contributed by atoms with van der Waals surface area (Å²) in [6.45, 7) is 11.1. The van der Waals surface area contributed by atoms with Gasteiger partial charge in [0.05, 0.1) is 0 Å². The molecule has 0 spiro atoms. The summed E-state index contributed by atoms with van der Waals surface area (Å²) in [6, 6.07) is 2.88. The predicted octanol–water partition coefficient (Wildman–Crippen LogP) is 3.07. The van der Waals surface area contributed by atoms with Gasteiger partial charge in [0.1, 0.15) is 11.6 Å². The maximum absolute atomic E-state index is 12.4. The van der Waals surface area contributed by atoms with Crippen LogP contribution in [0.2, 0.25) is 0 Å². The molecule has 112 valence electrons. The molecule has 5 nitrogen and oxygen atoms in total. The maximum atomic E-state index is 12.4. The van der Waals surface area contributed by atoms with Gasteiger partial charge in [-0.2, -0.15) is 0 Å². The molecule has 1 unspecified atom stereocenters. The van der Waals surface area contributed by atoms with E-state index in [0.717, 1.165) is 0 Å². The van der Waals surface area contributed by atoms with Gasteiger partial charge in [-0.15, -0.1) is 0 Å². The van der Waals surface area contributed by atoms with E-state index in [4.69, 9.17) is 4.74 Å². The first-order valence-electron chi connectivity index (χ1n) is 6.67. The molecule has 0 radical (unpaired) electrons. The van der Waals surface area contributed by atoms with E-state index < -0.39 is 23.2 Å². The monoisotopic (exact) mass is 280 g/mol. The average Bonchev–Trinajstić information content (AvgIpc) is 2.74. The van der Waals surface area contributed by atoms with Crippen LogP contribution in [0.15, 0.2) is 24.5 Å². The number of carbonyl (C=O) groups excluding carboxylic acids is 2. The summed E-state index contributed by atoms with van der Waals surface area (Å²) in [5, 5.41) is 2.67. The van der Waals surface area contributed by atoms with Gasteiger partial charge in [0.2, 0.25) is 0 Å². The molecule has 0 aromatic carbocycles. The van der Waals surface area contributed by atoms with Crippen molar-refractivity contribution in [3.63, 3.8) is 0 Å².